The highest BCUT2D eigenvalue weighted by Gasteiger charge is 2.30. The number of likely N-dealkylation sites (tertiary alicyclic amines) is 1. The topological polar surface area (TPSA) is 46.6 Å². The average molecular weight is 289 g/mol. The van der Waals surface area contributed by atoms with Gasteiger partial charge in [-0.3, -0.25) is 9.59 Å². The molecule has 1 aliphatic heterocycles. The van der Waals surface area contributed by atoms with Crippen molar-refractivity contribution in [2.24, 2.45) is 5.92 Å². The van der Waals surface area contributed by atoms with Gasteiger partial charge in [0.2, 0.25) is 5.91 Å². The molecule has 0 saturated carbocycles. The Bertz CT molecular complexity index is 486. The predicted molar refractivity (Wildman–Crippen MR) is 80.7 cm³/mol. The minimum atomic E-state index is -0.279. The summed E-state index contributed by atoms with van der Waals surface area (Å²) in [5, 5.41) is 0. The fourth-order valence-electron chi connectivity index (χ4n) is 2.55. The van der Waals surface area contributed by atoms with Crippen molar-refractivity contribution in [3.05, 3.63) is 35.9 Å². The van der Waals surface area contributed by atoms with E-state index in [2.05, 4.69) is 0 Å². The van der Waals surface area contributed by atoms with Crippen LogP contribution in [0.4, 0.5) is 0 Å². The smallest absolute Gasteiger partial charge is 0.309 e. The van der Waals surface area contributed by atoms with Gasteiger partial charge in [-0.2, -0.15) is 0 Å². The Hall–Kier alpha value is -1.84. The van der Waals surface area contributed by atoms with Crippen LogP contribution in [0.3, 0.4) is 0 Å². The van der Waals surface area contributed by atoms with E-state index in [0.717, 1.165) is 18.4 Å². The van der Waals surface area contributed by atoms with Crippen molar-refractivity contribution in [2.45, 2.75) is 38.7 Å². The molecule has 1 aromatic carbocycles. The van der Waals surface area contributed by atoms with Crippen LogP contribution in [0.1, 0.15) is 31.7 Å². The lowest BCUT2D eigenvalue weighted by molar-refractivity contribution is -0.158. The Labute approximate surface area is 126 Å². The normalized spacial score (nSPS) is 20.2. The van der Waals surface area contributed by atoms with Gasteiger partial charge in [-0.15, -0.1) is 0 Å². The molecule has 0 aromatic heterocycles. The number of ether oxygens (including phenoxy) is 1. The molecule has 1 aliphatic rings. The maximum atomic E-state index is 12.2. The van der Waals surface area contributed by atoms with E-state index in [4.69, 9.17) is 4.74 Å². The van der Waals surface area contributed by atoms with E-state index in [1.165, 1.54) is 0 Å². The van der Waals surface area contributed by atoms with Crippen molar-refractivity contribution in [1.29, 1.82) is 0 Å². The Morgan fingerprint density at radius 2 is 2.10 bits per heavy atom. The number of carbonyl (C=O) groups is 2. The van der Waals surface area contributed by atoms with Crippen LogP contribution < -0.4 is 0 Å². The molecule has 1 amide bonds. The summed E-state index contributed by atoms with van der Waals surface area (Å²) in [6.07, 6.45) is 2.36. The Kier molecular flexibility index (Phi) is 5.37. The first kappa shape index (κ1) is 15.5. The lowest BCUT2D eigenvalue weighted by atomic mass is 9.96. The molecular weight excluding hydrogens is 266 g/mol. The van der Waals surface area contributed by atoms with Gasteiger partial charge in [0.05, 0.1) is 5.92 Å². The SMILES string of the molecule is CCC(Cc1ccccc1)OC(=O)C1CCN(C)C(=O)C1. The van der Waals surface area contributed by atoms with Crippen molar-refractivity contribution in [3.63, 3.8) is 0 Å². The first-order valence-electron chi connectivity index (χ1n) is 7.58. The lowest BCUT2D eigenvalue weighted by Crippen LogP contribution is -2.39. The zero-order valence-corrected chi connectivity index (χ0v) is 12.7. The number of carbonyl (C=O) groups excluding carboxylic acids is 2. The molecule has 1 fully saturated rings. The summed E-state index contributed by atoms with van der Waals surface area (Å²) in [6, 6.07) is 10.0. The van der Waals surface area contributed by atoms with Crippen LogP contribution >= 0.6 is 0 Å². The number of hydrogen-bond donors (Lipinski definition) is 0. The molecule has 4 heteroatoms. The third kappa shape index (κ3) is 4.31. The molecule has 0 radical (unpaired) electrons. The average Bonchev–Trinajstić information content (AvgIpc) is 2.50. The summed E-state index contributed by atoms with van der Waals surface area (Å²) >= 11 is 0. The molecule has 2 unspecified atom stereocenters. The quantitative estimate of drug-likeness (QED) is 0.782. The standard InChI is InChI=1S/C17H23NO3/c1-3-15(11-13-7-5-4-6-8-13)21-17(20)14-9-10-18(2)16(19)12-14/h4-8,14-15H,3,9-12H2,1-2H3. The van der Waals surface area contributed by atoms with Crippen molar-refractivity contribution in [2.75, 3.05) is 13.6 Å². The van der Waals surface area contributed by atoms with E-state index in [0.29, 0.717) is 13.0 Å². The van der Waals surface area contributed by atoms with Gasteiger partial charge in [0.25, 0.3) is 0 Å². The summed E-state index contributed by atoms with van der Waals surface area (Å²) in [6.45, 7) is 2.65. The number of esters is 1. The fraction of sp³-hybridized carbons (Fsp3) is 0.529. The van der Waals surface area contributed by atoms with Crippen molar-refractivity contribution in [1.82, 2.24) is 4.90 Å². The molecule has 1 heterocycles. The monoisotopic (exact) mass is 289 g/mol. The van der Waals surface area contributed by atoms with Gasteiger partial charge in [0.15, 0.2) is 0 Å². The third-order valence-electron chi connectivity index (χ3n) is 4.04. The zero-order valence-electron chi connectivity index (χ0n) is 12.7. The Morgan fingerprint density at radius 1 is 1.38 bits per heavy atom. The molecule has 114 valence electrons. The van der Waals surface area contributed by atoms with E-state index in [9.17, 15) is 9.59 Å². The molecule has 4 nitrogen and oxygen atoms in total. The zero-order chi connectivity index (χ0) is 15.2. The van der Waals surface area contributed by atoms with Gasteiger partial charge >= 0.3 is 5.97 Å². The first-order valence-corrected chi connectivity index (χ1v) is 7.58. The van der Waals surface area contributed by atoms with Crippen molar-refractivity contribution in [3.8, 4) is 0 Å². The van der Waals surface area contributed by atoms with E-state index < -0.39 is 0 Å². The van der Waals surface area contributed by atoms with Crippen LogP contribution in [0.15, 0.2) is 30.3 Å². The summed E-state index contributed by atoms with van der Waals surface area (Å²) in [5.41, 5.74) is 1.16. The second-order valence-electron chi connectivity index (χ2n) is 5.66. The highest BCUT2D eigenvalue weighted by molar-refractivity contribution is 5.84. The van der Waals surface area contributed by atoms with Crippen molar-refractivity contribution >= 4 is 11.9 Å². The van der Waals surface area contributed by atoms with Gasteiger partial charge in [-0.25, -0.2) is 0 Å². The molecule has 1 aromatic rings. The second-order valence-corrected chi connectivity index (χ2v) is 5.66. The highest BCUT2D eigenvalue weighted by Crippen LogP contribution is 2.20. The molecule has 21 heavy (non-hydrogen) atoms. The molecule has 0 spiro atoms. The molecule has 1 saturated heterocycles. The van der Waals surface area contributed by atoms with Crippen LogP contribution in [0.2, 0.25) is 0 Å². The van der Waals surface area contributed by atoms with Gasteiger partial charge in [-0.1, -0.05) is 37.3 Å². The summed E-state index contributed by atoms with van der Waals surface area (Å²) in [7, 11) is 1.77. The summed E-state index contributed by atoms with van der Waals surface area (Å²) in [4.78, 5) is 25.6. The van der Waals surface area contributed by atoms with E-state index in [1.54, 1.807) is 11.9 Å². The van der Waals surface area contributed by atoms with E-state index >= 15 is 0 Å². The second kappa shape index (κ2) is 7.25. The molecular formula is C17H23NO3. The Morgan fingerprint density at radius 3 is 2.71 bits per heavy atom. The van der Waals surface area contributed by atoms with Crippen LogP contribution in [0.5, 0.6) is 0 Å². The largest absolute Gasteiger partial charge is 0.462 e. The first-order chi connectivity index (χ1) is 10.1. The molecule has 2 rings (SSSR count). The number of amides is 1. The van der Waals surface area contributed by atoms with Crippen LogP contribution in [-0.2, 0) is 20.7 Å². The maximum absolute atomic E-state index is 12.2. The number of rotatable bonds is 5. The van der Waals surface area contributed by atoms with Crippen LogP contribution in [0, 0.1) is 5.92 Å². The van der Waals surface area contributed by atoms with Crippen LogP contribution in [0.25, 0.3) is 0 Å². The highest BCUT2D eigenvalue weighted by atomic mass is 16.5. The van der Waals surface area contributed by atoms with Gasteiger partial charge in [0.1, 0.15) is 6.10 Å². The third-order valence-corrected chi connectivity index (χ3v) is 4.04. The van der Waals surface area contributed by atoms with Gasteiger partial charge < -0.3 is 9.64 Å². The lowest BCUT2D eigenvalue weighted by Gasteiger charge is -2.28. The van der Waals surface area contributed by atoms with Crippen molar-refractivity contribution < 1.29 is 14.3 Å². The summed E-state index contributed by atoms with van der Waals surface area (Å²) in [5.74, 6) is -0.475. The molecule has 0 N–H and O–H groups in total. The number of hydrogen-bond acceptors (Lipinski definition) is 3. The maximum Gasteiger partial charge on any atom is 0.309 e. The number of benzene rings is 1. The van der Waals surface area contributed by atoms with Crippen LogP contribution in [-0.4, -0.2) is 36.5 Å². The molecule has 0 bridgehead atoms. The minimum absolute atomic E-state index is 0.0271. The fourth-order valence-corrected chi connectivity index (χ4v) is 2.55. The minimum Gasteiger partial charge on any atom is -0.462 e. The van der Waals surface area contributed by atoms with E-state index in [1.807, 2.05) is 37.3 Å². The molecule has 0 aliphatic carbocycles. The van der Waals surface area contributed by atoms with Gasteiger partial charge in [0, 0.05) is 26.4 Å². The van der Waals surface area contributed by atoms with E-state index in [-0.39, 0.29) is 30.3 Å². The van der Waals surface area contributed by atoms with Gasteiger partial charge in [-0.05, 0) is 18.4 Å². The predicted octanol–water partition coefficient (Wildman–Crippen LogP) is 2.42. The Balaban J connectivity index is 1.89. The number of nitrogens with zero attached hydrogens (tertiary/aromatic N) is 1. The summed E-state index contributed by atoms with van der Waals surface area (Å²) < 4.78 is 5.62. The molecule has 2 atom stereocenters. The number of piperidine rings is 1.